The smallest absolute Gasteiger partial charge is 0.410 e. The fourth-order valence-electron chi connectivity index (χ4n) is 2.85. The van der Waals surface area contributed by atoms with Crippen molar-refractivity contribution in [3.8, 4) is 0 Å². The van der Waals surface area contributed by atoms with Crippen molar-refractivity contribution in [1.29, 1.82) is 0 Å². The number of hydrogen-bond donors (Lipinski definition) is 1. The van der Waals surface area contributed by atoms with E-state index in [9.17, 15) is 9.59 Å². The van der Waals surface area contributed by atoms with Crippen molar-refractivity contribution in [3.63, 3.8) is 0 Å². The number of rotatable bonds is 2. The predicted molar refractivity (Wildman–Crippen MR) is 73.5 cm³/mol. The zero-order valence-corrected chi connectivity index (χ0v) is 12.5. The van der Waals surface area contributed by atoms with Crippen molar-refractivity contribution in [2.45, 2.75) is 45.3 Å². The van der Waals surface area contributed by atoms with Gasteiger partial charge in [-0.05, 0) is 40.2 Å². The van der Waals surface area contributed by atoms with Crippen molar-refractivity contribution < 1.29 is 19.4 Å². The summed E-state index contributed by atoms with van der Waals surface area (Å²) in [5.41, 5.74) is -0.475. The lowest BCUT2D eigenvalue weighted by atomic mass is 10.1. The molecule has 0 aromatic carbocycles. The van der Waals surface area contributed by atoms with Crippen LogP contribution in [0, 0.1) is 5.92 Å². The van der Waals surface area contributed by atoms with E-state index in [0.717, 1.165) is 13.0 Å². The van der Waals surface area contributed by atoms with Gasteiger partial charge in [0, 0.05) is 25.7 Å². The minimum absolute atomic E-state index is 0.259. The van der Waals surface area contributed by atoms with Crippen molar-refractivity contribution in [1.82, 2.24) is 9.80 Å². The molecule has 0 aromatic rings. The number of amides is 1. The first-order valence-corrected chi connectivity index (χ1v) is 7.21. The van der Waals surface area contributed by atoms with E-state index >= 15 is 0 Å². The minimum atomic E-state index is -0.713. The second-order valence-corrected chi connectivity index (χ2v) is 6.69. The number of aliphatic carboxylic acids is 1. The molecule has 0 aliphatic carbocycles. The van der Waals surface area contributed by atoms with Gasteiger partial charge in [-0.15, -0.1) is 0 Å². The molecule has 2 rings (SSSR count). The van der Waals surface area contributed by atoms with Crippen molar-refractivity contribution in [2.24, 2.45) is 5.92 Å². The van der Waals surface area contributed by atoms with Crippen LogP contribution < -0.4 is 0 Å². The fraction of sp³-hybridized carbons (Fsp3) is 0.857. The average molecular weight is 284 g/mol. The Morgan fingerprint density at radius 1 is 1.15 bits per heavy atom. The molecule has 2 atom stereocenters. The Kier molecular flexibility index (Phi) is 4.22. The van der Waals surface area contributed by atoms with Gasteiger partial charge in [-0.1, -0.05) is 0 Å². The molecule has 1 N–H and O–H groups in total. The van der Waals surface area contributed by atoms with E-state index in [-0.39, 0.29) is 18.1 Å². The molecule has 0 saturated carbocycles. The normalized spacial score (nSPS) is 27.9. The number of carboxylic acids is 1. The maximum absolute atomic E-state index is 12.0. The van der Waals surface area contributed by atoms with Gasteiger partial charge in [0.1, 0.15) is 5.60 Å². The summed E-state index contributed by atoms with van der Waals surface area (Å²) in [5.74, 6) is -0.972. The highest BCUT2D eigenvalue weighted by molar-refractivity contribution is 5.70. The van der Waals surface area contributed by atoms with Crippen LogP contribution in [0.25, 0.3) is 0 Å². The third-order valence-electron chi connectivity index (χ3n) is 3.90. The summed E-state index contributed by atoms with van der Waals surface area (Å²) in [7, 11) is 0. The maximum atomic E-state index is 12.0. The topological polar surface area (TPSA) is 70.1 Å². The number of ether oxygens (including phenoxy) is 1. The molecular weight excluding hydrogens is 260 g/mol. The van der Waals surface area contributed by atoms with Crippen LogP contribution in [0.4, 0.5) is 4.79 Å². The van der Waals surface area contributed by atoms with E-state index in [1.165, 1.54) is 0 Å². The largest absolute Gasteiger partial charge is 0.481 e. The van der Waals surface area contributed by atoms with Crippen LogP contribution in [0.1, 0.15) is 33.6 Å². The second kappa shape index (κ2) is 5.60. The zero-order valence-electron chi connectivity index (χ0n) is 12.5. The van der Waals surface area contributed by atoms with E-state index in [2.05, 4.69) is 4.90 Å². The van der Waals surface area contributed by atoms with Gasteiger partial charge in [-0.3, -0.25) is 9.69 Å². The SMILES string of the molecule is CC(C)(C)OC(=O)N1CCC(N2CCC(C(=O)O)C2)C1. The molecule has 114 valence electrons. The molecule has 6 heteroatoms. The van der Waals surface area contributed by atoms with Crippen LogP contribution in [0.15, 0.2) is 0 Å². The Morgan fingerprint density at radius 3 is 2.40 bits per heavy atom. The molecule has 6 nitrogen and oxygen atoms in total. The van der Waals surface area contributed by atoms with Gasteiger partial charge in [-0.25, -0.2) is 4.79 Å². The lowest BCUT2D eigenvalue weighted by molar-refractivity contribution is -0.141. The summed E-state index contributed by atoms with van der Waals surface area (Å²) in [4.78, 5) is 26.9. The Bertz CT molecular complexity index is 391. The molecule has 20 heavy (non-hydrogen) atoms. The predicted octanol–water partition coefficient (Wildman–Crippen LogP) is 1.40. The third kappa shape index (κ3) is 3.62. The standard InChI is InChI=1S/C14H24N2O4/c1-14(2,3)20-13(19)16-7-5-11(9-16)15-6-4-10(8-15)12(17)18/h10-11H,4-9H2,1-3H3,(H,17,18). The lowest BCUT2D eigenvalue weighted by Crippen LogP contribution is -2.39. The molecule has 1 amide bonds. The molecule has 0 spiro atoms. The Balaban J connectivity index is 1.84. The molecule has 2 fully saturated rings. The van der Waals surface area contributed by atoms with Gasteiger partial charge in [0.2, 0.25) is 0 Å². The molecule has 2 aliphatic heterocycles. The van der Waals surface area contributed by atoms with Crippen LogP contribution in [0.5, 0.6) is 0 Å². The summed E-state index contributed by atoms with van der Waals surface area (Å²) in [6.45, 7) is 8.31. The minimum Gasteiger partial charge on any atom is -0.481 e. The number of hydrogen-bond acceptors (Lipinski definition) is 4. The molecule has 0 aromatic heterocycles. The van der Waals surface area contributed by atoms with Gasteiger partial charge < -0.3 is 14.7 Å². The van der Waals surface area contributed by atoms with Crippen molar-refractivity contribution >= 4 is 12.1 Å². The second-order valence-electron chi connectivity index (χ2n) is 6.69. The average Bonchev–Trinajstić information content (AvgIpc) is 2.95. The van der Waals surface area contributed by atoms with E-state index in [1.54, 1.807) is 4.90 Å². The van der Waals surface area contributed by atoms with Gasteiger partial charge in [-0.2, -0.15) is 0 Å². The van der Waals surface area contributed by atoms with E-state index in [1.807, 2.05) is 20.8 Å². The van der Waals surface area contributed by atoms with E-state index < -0.39 is 11.6 Å². The van der Waals surface area contributed by atoms with Crippen LogP contribution in [0.3, 0.4) is 0 Å². The van der Waals surface area contributed by atoms with Gasteiger partial charge in [0.25, 0.3) is 0 Å². The molecular formula is C14H24N2O4. The first-order valence-electron chi connectivity index (χ1n) is 7.21. The number of likely N-dealkylation sites (tertiary alicyclic amines) is 2. The summed E-state index contributed by atoms with van der Waals surface area (Å²) >= 11 is 0. The summed E-state index contributed by atoms with van der Waals surface area (Å²) in [6.07, 6.45) is 1.33. The number of carboxylic acid groups (broad SMARTS) is 1. The fourth-order valence-corrected chi connectivity index (χ4v) is 2.85. The summed E-state index contributed by atoms with van der Waals surface area (Å²) in [5, 5.41) is 9.03. The van der Waals surface area contributed by atoms with E-state index in [0.29, 0.717) is 26.1 Å². The first kappa shape index (κ1) is 15.1. The van der Waals surface area contributed by atoms with Crippen LogP contribution in [0.2, 0.25) is 0 Å². The van der Waals surface area contributed by atoms with Crippen molar-refractivity contribution in [3.05, 3.63) is 0 Å². The van der Waals surface area contributed by atoms with Gasteiger partial charge in [0.15, 0.2) is 0 Å². The molecule has 0 radical (unpaired) electrons. The number of carbonyl (C=O) groups is 2. The molecule has 2 unspecified atom stereocenters. The number of nitrogens with zero attached hydrogens (tertiary/aromatic N) is 2. The van der Waals surface area contributed by atoms with Gasteiger partial charge >= 0.3 is 12.1 Å². The zero-order chi connectivity index (χ0) is 14.9. The third-order valence-corrected chi connectivity index (χ3v) is 3.90. The van der Waals surface area contributed by atoms with Gasteiger partial charge in [0.05, 0.1) is 5.92 Å². The maximum Gasteiger partial charge on any atom is 0.410 e. The van der Waals surface area contributed by atoms with Crippen LogP contribution >= 0.6 is 0 Å². The Morgan fingerprint density at radius 2 is 1.85 bits per heavy atom. The quantitative estimate of drug-likeness (QED) is 0.830. The lowest BCUT2D eigenvalue weighted by Gasteiger charge is -2.26. The number of carbonyl (C=O) groups excluding carboxylic acids is 1. The van der Waals surface area contributed by atoms with Crippen LogP contribution in [-0.4, -0.2) is 64.8 Å². The highest BCUT2D eigenvalue weighted by Crippen LogP contribution is 2.25. The van der Waals surface area contributed by atoms with Crippen molar-refractivity contribution in [2.75, 3.05) is 26.2 Å². The molecule has 0 bridgehead atoms. The monoisotopic (exact) mass is 284 g/mol. The highest BCUT2D eigenvalue weighted by Gasteiger charge is 2.37. The van der Waals surface area contributed by atoms with E-state index in [4.69, 9.17) is 9.84 Å². The summed E-state index contributed by atoms with van der Waals surface area (Å²) < 4.78 is 5.37. The Hall–Kier alpha value is -1.30. The molecule has 2 aliphatic rings. The first-order chi connectivity index (χ1) is 9.26. The Labute approximate surface area is 119 Å². The molecule has 2 saturated heterocycles. The summed E-state index contributed by atoms with van der Waals surface area (Å²) in [6, 6.07) is 0.270. The van der Waals surface area contributed by atoms with Crippen LogP contribution in [-0.2, 0) is 9.53 Å². The highest BCUT2D eigenvalue weighted by atomic mass is 16.6. The molecule has 2 heterocycles.